The van der Waals surface area contributed by atoms with E-state index >= 15 is 0 Å². The number of pyridine rings is 1. The highest BCUT2D eigenvalue weighted by molar-refractivity contribution is 5.76. The van der Waals surface area contributed by atoms with Crippen molar-refractivity contribution in [2.75, 3.05) is 39.0 Å². The van der Waals surface area contributed by atoms with E-state index in [4.69, 9.17) is 5.73 Å². The Kier molecular flexibility index (Phi) is 3.66. The zero-order chi connectivity index (χ0) is 13.1. The van der Waals surface area contributed by atoms with E-state index in [0.717, 1.165) is 13.1 Å². The van der Waals surface area contributed by atoms with Gasteiger partial charge in [0.15, 0.2) is 0 Å². The molecule has 1 aliphatic heterocycles. The first kappa shape index (κ1) is 12.6. The maximum absolute atomic E-state index is 12.0. The van der Waals surface area contributed by atoms with Crippen molar-refractivity contribution in [3.05, 3.63) is 28.7 Å². The van der Waals surface area contributed by atoms with Crippen LogP contribution in [0.3, 0.4) is 0 Å². The summed E-state index contributed by atoms with van der Waals surface area (Å²) in [5, 5.41) is 0. The summed E-state index contributed by atoms with van der Waals surface area (Å²) in [4.78, 5) is 27.7. The van der Waals surface area contributed by atoms with Crippen LogP contribution in [0.5, 0.6) is 0 Å². The fourth-order valence-electron chi connectivity index (χ4n) is 1.98. The number of carbonyl (C=O) groups is 1. The van der Waals surface area contributed by atoms with Gasteiger partial charge in [-0.2, -0.15) is 0 Å². The molecule has 0 aromatic carbocycles. The number of anilines is 1. The summed E-state index contributed by atoms with van der Waals surface area (Å²) < 4.78 is 1.36. The summed E-state index contributed by atoms with van der Waals surface area (Å²) in [5.41, 5.74) is 5.39. The smallest absolute Gasteiger partial charge is 0.274 e. The summed E-state index contributed by atoms with van der Waals surface area (Å²) in [5.74, 6) is -0.0317. The van der Waals surface area contributed by atoms with Gasteiger partial charge in [0.2, 0.25) is 5.91 Å². The second-order valence-electron chi connectivity index (χ2n) is 4.58. The number of nitrogens with two attached hydrogens (primary N) is 1. The molecule has 2 N–H and O–H groups in total. The van der Waals surface area contributed by atoms with E-state index in [1.165, 1.54) is 4.57 Å². The molecule has 1 aromatic rings. The molecule has 0 atom stereocenters. The molecule has 98 valence electrons. The van der Waals surface area contributed by atoms with Crippen molar-refractivity contribution in [2.45, 2.75) is 6.54 Å². The van der Waals surface area contributed by atoms with Crippen LogP contribution in [0.4, 0.5) is 5.69 Å². The van der Waals surface area contributed by atoms with Crippen LogP contribution in [0.1, 0.15) is 0 Å². The molecule has 18 heavy (non-hydrogen) atoms. The molecule has 2 rings (SSSR count). The van der Waals surface area contributed by atoms with Crippen LogP contribution in [-0.4, -0.2) is 53.5 Å². The lowest BCUT2D eigenvalue weighted by Gasteiger charge is -2.32. The normalized spacial score (nSPS) is 16.8. The average molecular weight is 250 g/mol. The third-order valence-electron chi connectivity index (χ3n) is 3.21. The maximum atomic E-state index is 12.0. The molecular formula is C12H18N4O2. The van der Waals surface area contributed by atoms with Crippen LogP contribution in [0.2, 0.25) is 0 Å². The third kappa shape index (κ3) is 2.70. The van der Waals surface area contributed by atoms with Gasteiger partial charge in [-0.1, -0.05) is 0 Å². The van der Waals surface area contributed by atoms with E-state index in [1.54, 1.807) is 23.2 Å². The Morgan fingerprint density at radius 3 is 2.67 bits per heavy atom. The first-order chi connectivity index (χ1) is 8.58. The Morgan fingerprint density at radius 1 is 1.33 bits per heavy atom. The standard InChI is InChI=1S/C12H18N4O2/c1-14-5-7-15(8-6-14)11(17)9-16-4-2-3-10(13)12(16)18/h2-4H,5-9,13H2,1H3. The Balaban J connectivity index is 2.03. The Morgan fingerprint density at radius 2 is 2.00 bits per heavy atom. The van der Waals surface area contributed by atoms with Gasteiger partial charge in [0.25, 0.3) is 5.56 Å². The topological polar surface area (TPSA) is 71.6 Å². The number of hydrogen-bond donors (Lipinski definition) is 1. The molecule has 0 saturated carbocycles. The largest absolute Gasteiger partial charge is 0.394 e. The molecule has 1 fully saturated rings. The number of nitrogens with zero attached hydrogens (tertiary/aromatic N) is 3. The zero-order valence-electron chi connectivity index (χ0n) is 10.5. The number of aromatic nitrogens is 1. The predicted molar refractivity (Wildman–Crippen MR) is 69.2 cm³/mol. The molecule has 0 aliphatic carbocycles. The Labute approximate surface area is 106 Å². The monoisotopic (exact) mass is 250 g/mol. The highest BCUT2D eigenvalue weighted by atomic mass is 16.2. The molecule has 0 unspecified atom stereocenters. The average Bonchev–Trinajstić information content (AvgIpc) is 2.36. The van der Waals surface area contributed by atoms with E-state index in [9.17, 15) is 9.59 Å². The minimum atomic E-state index is -0.306. The second-order valence-corrected chi connectivity index (χ2v) is 4.58. The third-order valence-corrected chi connectivity index (χ3v) is 3.21. The van der Waals surface area contributed by atoms with E-state index in [0.29, 0.717) is 13.1 Å². The minimum Gasteiger partial charge on any atom is -0.394 e. The van der Waals surface area contributed by atoms with Crippen LogP contribution < -0.4 is 11.3 Å². The van der Waals surface area contributed by atoms with Gasteiger partial charge in [0.1, 0.15) is 6.54 Å². The highest BCUT2D eigenvalue weighted by Gasteiger charge is 2.19. The molecule has 6 heteroatoms. The van der Waals surface area contributed by atoms with Crippen molar-refractivity contribution in [2.24, 2.45) is 0 Å². The van der Waals surface area contributed by atoms with Gasteiger partial charge >= 0.3 is 0 Å². The number of hydrogen-bond acceptors (Lipinski definition) is 4. The van der Waals surface area contributed by atoms with Crippen molar-refractivity contribution < 1.29 is 4.79 Å². The van der Waals surface area contributed by atoms with Gasteiger partial charge in [0, 0.05) is 32.4 Å². The summed E-state index contributed by atoms with van der Waals surface area (Å²) in [7, 11) is 2.03. The predicted octanol–water partition coefficient (Wildman–Crippen LogP) is -0.795. The molecule has 1 amide bonds. The zero-order valence-corrected chi connectivity index (χ0v) is 10.5. The van der Waals surface area contributed by atoms with Gasteiger partial charge < -0.3 is 20.1 Å². The molecule has 0 radical (unpaired) electrons. The fraction of sp³-hybridized carbons (Fsp3) is 0.500. The van der Waals surface area contributed by atoms with E-state index in [2.05, 4.69) is 4.90 Å². The summed E-state index contributed by atoms with van der Waals surface area (Å²) in [6, 6.07) is 3.22. The fourth-order valence-corrected chi connectivity index (χ4v) is 1.98. The van der Waals surface area contributed by atoms with Crippen LogP contribution in [0.25, 0.3) is 0 Å². The van der Waals surface area contributed by atoms with Crippen LogP contribution in [0.15, 0.2) is 23.1 Å². The first-order valence-electron chi connectivity index (χ1n) is 5.99. The molecular weight excluding hydrogens is 232 g/mol. The summed E-state index contributed by atoms with van der Waals surface area (Å²) in [6.07, 6.45) is 1.59. The molecule has 1 aliphatic rings. The number of carbonyl (C=O) groups excluding carboxylic acids is 1. The number of rotatable bonds is 2. The van der Waals surface area contributed by atoms with Gasteiger partial charge in [0.05, 0.1) is 5.69 Å². The lowest BCUT2D eigenvalue weighted by molar-refractivity contribution is -0.133. The number of piperazine rings is 1. The minimum absolute atomic E-state index is 0.0317. The molecule has 2 heterocycles. The summed E-state index contributed by atoms with van der Waals surface area (Å²) >= 11 is 0. The van der Waals surface area contributed by atoms with Crippen molar-refractivity contribution in [3.63, 3.8) is 0 Å². The molecule has 0 spiro atoms. The quantitative estimate of drug-likeness (QED) is 0.746. The Hall–Kier alpha value is -1.82. The lowest BCUT2D eigenvalue weighted by atomic mass is 10.3. The first-order valence-corrected chi connectivity index (χ1v) is 5.99. The molecule has 1 aromatic heterocycles. The number of nitrogen functional groups attached to an aromatic ring is 1. The SMILES string of the molecule is CN1CCN(C(=O)Cn2cccc(N)c2=O)CC1. The van der Waals surface area contributed by atoms with Crippen molar-refractivity contribution in [1.29, 1.82) is 0 Å². The summed E-state index contributed by atoms with van der Waals surface area (Å²) in [6.45, 7) is 3.24. The molecule has 6 nitrogen and oxygen atoms in total. The number of likely N-dealkylation sites (N-methyl/N-ethyl adjacent to an activating group) is 1. The van der Waals surface area contributed by atoms with Crippen LogP contribution >= 0.6 is 0 Å². The van der Waals surface area contributed by atoms with Gasteiger partial charge in [-0.15, -0.1) is 0 Å². The number of amides is 1. The van der Waals surface area contributed by atoms with Crippen molar-refractivity contribution >= 4 is 11.6 Å². The highest BCUT2D eigenvalue weighted by Crippen LogP contribution is 2.01. The molecule has 1 saturated heterocycles. The van der Waals surface area contributed by atoms with Gasteiger partial charge in [-0.05, 0) is 19.2 Å². The molecule has 0 bridgehead atoms. The van der Waals surface area contributed by atoms with Gasteiger partial charge in [-0.25, -0.2) is 0 Å². The van der Waals surface area contributed by atoms with E-state index in [1.807, 2.05) is 7.05 Å². The van der Waals surface area contributed by atoms with E-state index in [-0.39, 0.29) is 23.7 Å². The maximum Gasteiger partial charge on any atom is 0.274 e. The van der Waals surface area contributed by atoms with Crippen LogP contribution in [-0.2, 0) is 11.3 Å². The van der Waals surface area contributed by atoms with Crippen molar-refractivity contribution in [1.82, 2.24) is 14.4 Å². The lowest BCUT2D eigenvalue weighted by Crippen LogP contribution is -2.48. The second kappa shape index (κ2) is 5.22. The van der Waals surface area contributed by atoms with Gasteiger partial charge in [-0.3, -0.25) is 9.59 Å². The van der Waals surface area contributed by atoms with E-state index < -0.39 is 0 Å². The van der Waals surface area contributed by atoms with Crippen LogP contribution in [0, 0.1) is 0 Å². The van der Waals surface area contributed by atoms with Crippen molar-refractivity contribution in [3.8, 4) is 0 Å². The Bertz CT molecular complexity index is 489.